The van der Waals surface area contributed by atoms with Gasteiger partial charge in [-0.15, -0.1) is 0 Å². The zero-order valence-corrected chi connectivity index (χ0v) is 15.8. The first-order valence-corrected chi connectivity index (χ1v) is 9.69. The van der Waals surface area contributed by atoms with Crippen LogP contribution in [0.4, 0.5) is 0 Å². The van der Waals surface area contributed by atoms with Gasteiger partial charge in [0.2, 0.25) is 0 Å². The predicted octanol–water partition coefficient (Wildman–Crippen LogP) is 5.14. The Morgan fingerprint density at radius 2 is 2.08 bits per heavy atom. The molecule has 0 aromatic heterocycles. The number of hydrogen-bond acceptors (Lipinski definition) is 4. The summed E-state index contributed by atoms with van der Waals surface area (Å²) in [6, 6.07) is 13.0. The maximum Gasteiger partial charge on any atom is 0.129 e. The molecule has 1 fully saturated rings. The number of nitriles is 1. The number of aromatic hydroxyl groups is 1. The molecule has 0 saturated carbocycles. The van der Waals surface area contributed by atoms with Crippen LogP contribution in [0, 0.1) is 11.3 Å². The van der Waals surface area contributed by atoms with Crippen molar-refractivity contribution in [1.82, 2.24) is 5.32 Å². The Kier molecular flexibility index (Phi) is 5.58. The number of aryl methyl sites for hydroxylation is 1. The fourth-order valence-electron chi connectivity index (χ4n) is 3.04. The lowest BCUT2D eigenvalue weighted by Crippen LogP contribution is -2.16. The summed E-state index contributed by atoms with van der Waals surface area (Å²) in [6.07, 6.45) is 4.48. The van der Waals surface area contributed by atoms with Crippen LogP contribution in [0.2, 0.25) is 5.02 Å². The Bertz CT molecular complexity index is 812. The highest BCUT2D eigenvalue weighted by atomic mass is 35.5. The van der Waals surface area contributed by atoms with Gasteiger partial charge in [-0.1, -0.05) is 42.8 Å². The van der Waals surface area contributed by atoms with E-state index in [1.807, 2.05) is 12.1 Å². The van der Waals surface area contributed by atoms with Gasteiger partial charge in [0.15, 0.2) is 0 Å². The Morgan fingerprint density at radius 1 is 1.28 bits per heavy atom. The van der Waals surface area contributed by atoms with Crippen molar-refractivity contribution >= 4 is 23.4 Å². The number of rotatable bonds is 7. The minimum absolute atomic E-state index is 0.172. The van der Waals surface area contributed by atoms with E-state index in [1.165, 1.54) is 24.6 Å². The molecule has 3 nitrogen and oxygen atoms in total. The average molecular weight is 373 g/mol. The van der Waals surface area contributed by atoms with E-state index in [1.54, 1.807) is 18.2 Å². The van der Waals surface area contributed by atoms with Gasteiger partial charge in [-0.05, 0) is 55.2 Å². The van der Waals surface area contributed by atoms with Crippen molar-refractivity contribution in [1.29, 1.82) is 5.26 Å². The molecule has 1 atom stereocenters. The Hall–Kier alpha value is -1.67. The maximum atomic E-state index is 9.98. The van der Waals surface area contributed by atoms with Crippen LogP contribution in [0.15, 0.2) is 46.2 Å². The van der Waals surface area contributed by atoms with E-state index in [9.17, 15) is 5.11 Å². The van der Waals surface area contributed by atoms with Gasteiger partial charge < -0.3 is 10.4 Å². The summed E-state index contributed by atoms with van der Waals surface area (Å²) >= 11 is 7.88. The second-order valence-electron chi connectivity index (χ2n) is 6.53. The van der Waals surface area contributed by atoms with E-state index in [0.29, 0.717) is 16.0 Å². The van der Waals surface area contributed by atoms with Crippen LogP contribution in [0.1, 0.15) is 37.3 Å². The van der Waals surface area contributed by atoms with Crippen molar-refractivity contribution in [3.8, 4) is 11.8 Å². The molecule has 0 spiro atoms. The standard InChI is InChI=1S/C20H21ClN2OS/c1-2-8-20(13-23-20)9-7-15-4-5-16(11-17(15)21)25-19-10-14(12-22)3-6-18(19)24/h3-6,10-11,23-24H,2,7-9,13H2,1H3/t20-/m0/s1. The number of phenolic OH excluding ortho intramolecular Hbond substituents is 1. The van der Waals surface area contributed by atoms with Gasteiger partial charge in [0, 0.05) is 22.0 Å². The van der Waals surface area contributed by atoms with E-state index < -0.39 is 0 Å². The minimum Gasteiger partial charge on any atom is -0.507 e. The smallest absolute Gasteiger partial charge is 0.129 e. The topological polar surface area (TPSA) is 66.0 Å². The molecule has 5 heteroatoms. The van der Waals surface area contributed by atoms with Crippen molar-refractivity contribution in [2.75, 3.05) is 6.54 Å². The summed E-state index contributed by atoms with van der Waals surface area (Å²) < 4.78 is 0. The molecular formula is C20H21ClN2OS. The highest BCUT2D eigenvalue weighted by Gasteiger charge is 2.40. The molecule has 25 heavy (non-hydrogen) atoms. The summed E-state index contributed by atoms with van der Waals surface area (Å²) in [6.45, 7) is 3.33. The zero-order valence-electron chi connectivity index (χ0n) is 14.2. The van der Waals surface area contributed by atoms with Crippen molar-refractivity contribution in [3.05, 3.63) is 52.5 Å². The maximum absolute atomic E-state index is 9.98. The average Bonchev–Trinajstić information content (AvgIpc) is 3.36. The van der Waals surface area contributed by atoms with Crippen molar-refractivity contribution in [2.45, 2.75) is 47.9 Å². The van der Waals surface area contributed by atoms with Crippen LogP contribution >= 0.6 is 23.4 Å². The molecule has 2 N–H and O–H groups in total. The Balaban J connectivity index is 1.69. The van der Waals surface area contributed by atoms with Crippen LogP contribution in [0.5, 0.6) is 5.75 Å². The van der Waals surface area contributed by atoms with E-state index in [0.717, 1.165) is 34.9 Å². The quantitative estimate of drug-likeness (QED) is 0.660. The Morgan fingerprint density at radius 3 is 2.72 bits per heavy atom. The number of nitrogens with one attached hydrogen (secondary N) is 1. The second kappa shape index (κ2) is 7.70. The van der Waals surface area contributed by atoms with Gasteiger partial charge in [0.1, 0.15) is 5.75 Å². The fraction of sp³-hybridized carbons (Fsp3) is 0.350. The third-order valence-electron chi connectivity index (χ3n) is 4.62. The number of nitrogens with zero attached hydrogens (tertiary/aromatic N) is 1. The summed E-state index contributed by atoms with van der Waals surface area (Å²) in [5.41, 5.74) is 2.01. The summed E-state index contributed by atoms with van der Waals surface area (Å²) in [5.74, 6) is 0.172. The summed E-state index contributed by atoms with van der Waals surface area (Å²) in [5, 5.41) is 23.2. The van der Waals surface area contributed by atoms with E-state index in [-0.39, 0.29) is 5.75 Å². The lowest BCUT2D eigenvalue weighted by Gasteiger charge is -2.13. The third kappa shape index (κ3) is 4.49. The fourth-order valence-corrected chi connectivity index (χ4v) is 4.31. The van der Waals surface area contributed by atoms with Crippen LogP contribution < -0.4 is 5.32 Å². The molecule has 1 aliphatic heterocycles. The molecule has 0 aliphatic carbocycles. The lowest BCUT2D eigenvalue weighted by molar-refractivity contribution is 0.462. The normalized spacial score (nSPS) is 18.8. The first kappa shape index (κ1) is 18.1. The Labute approximate surface area is 158 Å². The SMILES string of the molecule is CCC[C@]1(CCc2ccc(Sc3cc(C#N)ccc3O)cc2Cl)CN1. The van der Waals surface area contributed by atoms with Crippen molar-refractivity contribution < 1.29 is 5.11 Å². The number of phenols is 1. The number of hydrogen-bond donors (Lipinski definition) is 2. The first-order valence-electron chi connectivity index (χ1n) is 8.50. The molecule has 2 aromatic carbocycles. The number of benzene rings is 2. The predicted molar refractivity (Wildman–Crippen MR) is 102 cm³/mol. The summed E-state index contributed by atoms with van der Waals surface area (Å²) in [4.78, 5) is 1.61. The van der Waals surface area contributed by atoms with Gasteiger partial charge in [0.05, 0.1) is 16.5 Å². The molecule has 0 bridgehead atoms. The second-order valence-corrected chi connectivity index (χ2v) is 8.06. The largest absolute Gasteiger partial charge is 0.507 e. The van der Waals surface area contributed by atoms with Crippen LogP contribution in [-0.4, -0.2) is 17.2 Å². The lowest BCUT2D eigenvalue weighted by atomic mass is 9.95. The van der Waals surface area contributed by atoms with Gasteiger partial charge in [-0.3, -0.25) is 0 Å². The molecular weight excluding hydrogens is 352 g/mol. The molecule has 3 rings (SSSR count). The third-order valence-corrected chi connectivity index (χ3v) is 6.01. The first-order chi connectivity index (χ1) is 12.0. The van der Waals surface area contributed by atoms with E-state index in [4.69, 9.17) is 16.9 Å². The van der Waals surface area contributed by atoms with Gasteiger partial charge in [-0.2, -0.15) is 5.26 Å². The zero-order chi connectivity index (χ0) is 17.9. The number of halogens is 1. The van der Waals surface area contributed by atoms with Gasteiger partial charge >= 0.3 is 0 Å². The van der Waals surface area contributed by atoms with E-state index >= 15 is 0 Å². The molecule has 0 radical (unpaired) electrons. The highest BCUT2D eigenvalue weighted by molar-refractivity contribution is 7.99. The molecule has 0 amide bonds. The monoisotopic (exact) mass is 372 g/mol. The highest BCUT2D eigenvalue weighted by Crippen LogP contribution is 2.37. The van der Waals surface area contributed by atoms with Crippen LogP contribution in [0.3, 0.4) is 0 Å². The van der Waals surface area contributed by atoms with Crippen LogP contribution in [0.25, 0.3) is 0 Å². The van der Waals surface area contributed by atoms with Crippen molar-refractivity contribution in [2.24, 2.45) is 0 Å². The van der Waals surface area contributed by atoms with Gasteiger partial charge in [0.25, 0.3) is 0 Å². The molecule has 1 heterocycles. The van der Waals surface area contributed by atoms with Crippen LogP contribution in [-0.2, 0) is 6.42 Å². The molecule has 130 valence electrons. The summed E-state index contributed by atoms with van der Waals surface area (Å²) in [7, 11) is 0. The molecule has 1 saturated heterocycles. The molecule has 1 aliphatic rings. The van der Waals surface area contributed by atoms with Crippen molar-refractivity contribution in [3.63, 3.8) is 0 Å². The van der Waals surface area contributed by atoms with Gasteiger partial charge in [-0.25, -0.2) is 0 Å². The van der Waals surface area contributed by atoms with E-state index in [2.05, 4.69) is 24.4 Å². The minimum atomic E-state index is 0.172. The molecule has 0 unspecified atom stereocenters. The molecule has 2 aromatic rings.